The van der Waals surface area contributed by atoms with Gasteiger partial charge in [-0.1, -0.05) is 12.2 Å². The van der Waals surface area contributed by atoms with E-state index in [1.807, 2.05) is 29.2 Å². The van der Waals surface area contributed by atoms with E-state index in [-0.39, 0.29) is 0 Å². The van der Waals surface area contributed by atoms with Crippen LogP contribution in [0.1, 0.15) is 19.8 Å². The molecule has 2 aromatic rings. The van der Waals surface area contributed by atoms with Gasteiger partial charge in [0.2, 0.25) is 0 Å². The summed E-state index contributed by atoms with van der Waals surface area (Å²) in [6.45, 7) is 2.29. The van der Waals surface area contributed by atoms with Crippen LogP contribution >= 0.6 is 0 Å². The molecule has 1 fully saturated rings. The maximum atomic E-state index is 4.47. The summed E-state index contributed by atoms with van der Waals surface area (Å²) >= 11 is 0. The maximum absolute atomic E-state index is 4.47. The van der Waals surface area contributed by atoms with Crippen molar-refractivity contribution in [1.82, 2.24) is 14.8 Å². The minimum Gasteiger partial charge on any atom is -0.379 e. The zero-order valence-corrected chi connectivity index (χ0v) is 12.2. The van der Waals surface area contributed by atoms with Gasteiger partial charge in [0, 0.05) is 24.6 Å². The highest BCUT2D eigenvalue weighted by Crippen LogP contribution is 2.45. The Morgan fingerprint density at radius 3 is 2.90 bits per heavy atom. The van der Waals surface area contributed by atoms with Crippen LogP contribution in [-0.2, 0) is 0 Å². The van der Waals surface area contributed by atoms with Gasteiger partial charge in [0.05, 0.1) is 5.69 Å². The van der Waals surface area contributed by atoms with Crippen LogP contribution in [0.5, 0.6) is 0 Å². The first-order valence-electron chi connectivity index (χ1n) is 7.71. The van der Waals surface area contributed by atoms with Crippen molar-refractivity contribution in [3.8, 4) is 5.82 Å². The maximum Gasteiger partial charge on any atom is 0.176 e. The summed E-state index contributed by atoms with van der Waals surface area (Å²) in [5, 5.41) is 7.96. The Bertz CT molecular complexity index is 647. The molecule has 2 aliphatic rings. The number of fused-ring (bicyclic) bond motifs is 2. The van der Waals surface area contributed by atoms with Crippen molar-refractivity contribution in [3.63, 3.8) is 0 Å². The van der Waals surface area contributed by atoms with Crippen LogP contribution in [0.2, 0.25) is 0 Å². The van der Waals surface area contributed by atoms with Gasteiger partial charge >= 0.3 is 0 Å². The van der Waals surface area contributed by atoms with Gasteiger partial charge in [-0.2, -0.15) is 5.10 Å². The zero-order valence-electron chi connectivity index (χ0n) is 12.2. The molecule has 2 aromatic heterocycles. The van der Waals surface area contributed by atoms with Crippen molar-refractivity contribution in [2.24, 2.45) is 17.8 Å². The van der Waals surface area contributed by atoms with E-state index < -0.39 is 0 Å². The normalized spacial score (nSPS) is 28.0. The summed E-state index contributed by atoms with van der Waals surface area (Å²) < 4.78 is 1.82. The van der Waals surface area contributed by atoms with Crippen LogP contribution in [0.3, 0.4) is 0 Å². The predicted octanol–water partition coefficient (Wildman–Crippen LogP) is 3.28. The first-order chi connectivity index (χ1) is 10.3. The van der Waals surface area contributed by atoms with Crippen LogP contribution in [-0.4, -0.2) is 20.8 Å². The standard InChI is InChI=1S/C17H20N4/c1-12(15-11-13-5-6-14(15)10-13)20-16-4-2-7-18-17(16)21-9-3-8-19-21/h2-9,12-15,20H,10-11H2,1H3. The average Bonchev–Trinajstić information content (AvgIpc) is 3.25. The molecule has 4 atom stereocenters. The first kappa shape index (κ1) is 12.6. The van der Waals surface area contributed by atoms with Crippen molar-refractivity contribution in [2.75, 3.05) is 5.32 Å². The molecule has 1 saturated carbocycles. The number of hydrogen-bond donors (Lipinski definition) is 1. The number of hydrogen-bond acceptors (Lipinski definition) is 3. The highest BCUT2D eigenvalue weighted by Gasteiger charge is 2.38. The second kappa shape index (κ2) is 5.02. The summed E-state index contributed by atoms with van der Waals surface area (Å²) in [4.78, 5) is 4.47. The Kier molecular flexibility index (Phi) is 3.02. The third-order valence-electron chi connectivity index (χ3n) is 4.86. The highest BCUT2D eigenvalue weighted by molar-refractivity contribution is 5.56. The number of aromatic nitrogens is 3. The molecule has 4 heteroatoms. The van der Waals surface area contributed by atoms with Crippen LogP contribution in [0.4, 0.5) is 5.69 Å². The lowest BCUT2D eigenvalue weighted by molar-refractivity contribution is 0.399. The average molecular weight is 280 g/mol. The lowest BCUT2D eigenvalue weighted by Gasteiger charge is -2.27. The Hall–Kier alpha value is -2.10. The molecule has 0 aliphatic heterocycles. The molecule has 2 heterocycles. The van der Waals surface area contributed by atoms with Crippen molar-refractivity contribution >= 4 is 5.69 Å². The minimum atomic E-state index is 0.448. The van der Waals surface area contributed by atoms with Gasteiger partial charge in [0.25, 0.3) is 0 Å². The van der Waals surface area contributed by atoms with Crippen LogP contribution in [0, 0.1) is 17.8 Å². The topological polar surface area (TPSA) is 42.7 Å². The Morgan fingerprint density at radius 2 is 2.19 bits per heavy atom. The number of allylic oxidation sites excluding steroid dienone is 2. The summed E-state index contributed by atoms with van der Waals surface area (Å²) in [5.74, 6) is 3.16. The Labute approximate surface area is 124 Å². The summed E-state index contributed by atoms with van der Waals surface area (Å²) in [5.41, 5.74) is 1.06. The van der Waals surface area contributed by atoms with Gasteiger partial charge in [0.15, 0.2) is 5.82 Å². The number of pyridine rings is 1. The molecule has 4 rings (SSSR count). The summed E-state index contributed by atoms with van der Waals surface area (Å²) in [6, 6.07) is 6.43. The molecule has 0 amide bonds. The third kappa shape index (κ3) is 2.24. The first-order valence-corrected chi connectivity index (χ1v) is 7.71. The van der Waals surface area contributed by atoms with Crippen LogP contribution in [0.15, 0.2) is 48.9 Å². The van der Waals surface area contributed by atoms with Gasteiger partial charge in [-0.25, -0.2) is 9.67 Å². The molecule has 0 aromatic carbocycles. The zero-order chi connectivity index (χ0) is 14.2. The second-order valence-corrected chi connectivity index (χ2v) is 6.20. The number of rotatable bonds is 4. The van der Waals surface area contributed by atoms with E-state index in [1.54, 1.807) is 6.20 Å². The molecule has 0 spiro atoms. The minimum absolute atomic E-state index is 0.448. The fourth-order valence-electron chi connectivity index (χ4n) is 3.84. The van der Waals surface area contributed by atoms with E-state index in [1.165, 1.54) is 12.8 Å². The van der Waals surface area contributed by atoms with Gasteiger partial charge in [0.1, 0.15) is 0 Å². The van der Waals surface area contributed by atoms with E-state index in [9.17, 15) is 0 Å². The number of nitrogens with zero attached hydrogens (tertiary/aromatic N) is 3. The summed E-state index contributed by atoms with van der Waals surface area (Å²) in [7, 11) is 0. The van der Waals surface area contributed by atoms with Gasteiger partial charge in [-0.3, -0.25) is 0 Å². The van der Waals surface area contributed by atoms with E-state index in [4.69, 9.17) is 0 Å². The van der Waals surface area contributed by atoms with Gasteiger partial charge < -0.3 is 5.32 Å². The molecule has 108 valence electrons. The lowest BCUT2D eigenvalue weighted by atomic mass is 9.87. The molecule has 1 N–H and O–H groups in total. The van der Waals surface area contributed by atoms with Crippen molar-refractivity contribution in [3.05, 3.63) is 48.9 Å². The van der Waals surface area contributed by atoms with E-state index in [0.29, 0.717) is 6.04 Å². The molecule has 21 heavy (non-hydrogen) atoms. The van der Waals surface area contributed by atoms with E-state index >= 15 is 0 Å². The van der Waals surface area contributed by atoms with E-state index in [0.717, 1.165) is 29.3 Å². The highest BCUT2D eigenvalue weighted by atomic mass is 15.3. The van der Waals surface area contributed by atoms with Crippen molar-refractivity contribution in [2.45, 2.75) is 25.8 Å². The molecular formula is C17H20N4. The SMILES string of the molecule is CC(Nc1cccnc1-n1cccn1)C1CC2C=CC1C2. The quantitative estimate of drug-likeness (QED) is 0.874. The fourth-order valence-corrected chi connectivity index (χ4v) is 3.84. The smallest absolute Gasteiger partial charge is 0.176 e. The molecule has 2 bridgehead atoms. The van der Waals surface area contributed by atoms with Gasteiger partial charge in [-0.05, 0) is 55.7 Å². The number of anilines is 1. The molecule has 2 aliphatic carbocycles. The van der Waals surface area contributed by atoms with E-state index in [2.05, 4.69) is 40.5 Å². The predicted molar refractivity (Wildman–Crippen MR) is 83.3 cm³/mol. The molecule has 0 saturated heterocycles. The van der Waals surface area contributed by atoms with Crippen molar-refractivity contribution in [1.29, 1.82) is 0 Å². The largest absolute Gasteiger partial charge is 0.379 e. The summed E-state index contributed by atoms with van der Waals surface area (Å²) in [6.07, 6.45) is 13.0. The molecule has 0 radical (unpaired) electrons. The third-order valence-corrected chi connectivity index (χ3v) is 4.86. The monoisotopic (exact) mass is 280 g/mol. The molecule has 4 nitrogen and oxygen atoms in total. The fraction of sp³-hybridized carbons (Fsp3) is 0.412. The second-order valence-electron chi connectivity index (χ2n) is 6.20. The lowest BCUT2D eigenvalue weighted by Crippen LogP contribution is -2.29. The molecular weight excluding hydrogens is 260 g/mol. The Morgan fingerprint density at radius 1 is 1.24 bits per heavy atom. The Balaban J connectivity index is 1.56. The molecule has 4 unspecified atom stereocenters. The van der Waals surface area contributed by atoms with Crippen LogP contribution in [0.25, 0.3) is 5.82 Å². The van der Waals surface area contributed by atoms with Crippen LogP contribution < -0.4 is 5.32 Å². The van der Waals surface area contributed by atoms with Crippen molar-refractivity contribution < 1.29 is 0 Å². The van der Waals surface area contributed by atoms with Gasteiger partial charge in [-0.15, -0.1) is 0 Å². The number of nitrogens with one attached hydrogen (secondary N) is 1.